The van der Waals surface area contributed by atoms with Crippen molar-refractivity contribution in [2.24, 2.45) is 0 Å². The van der Waals surface area contributed by atoms with E-state index < -0.39 is 35.1 Å². The molecule has 17 heavy (non-hydrogen) atoms. The van der Waals surface area contributed by atoms with Gasteiger partial charge in [-0.25, -0.2) is 9.78 Å². The highest BCUT2D eigenvalue weighted by Gasteiger charge is 2.45. The van der Waals surface area contributed by atoms with Crippen LogP contribution in [-0.4, -0.2) is 21.9 Å². The van der Waals surface area contributed by atoms with E-state index >= 15 is 0 Å². The minimum atomic E-state index is -5.49. The zero-order chi connectivity index (χ0) is 13.4. The lowest BCUT2D eigenvalue weighted by atomic mass is 10.1. The predicted molar refractivity (Wildman–Crippen MR) is 40.2 cm³/mol. The third kappa shape index (κ3) is 2.82. The summed E-state index contributed by atoms with van der Waals surface area (Å²) in [5.41, 5.74) is -5.32. The first-order chi connectivity index (χ1) is 7.53. The molecule has 1 aromatic heterocycles. The van der Waals surface area contributed by atoms with E-state index in [4.69, 9.17) is 0 Å². The fourth-order valence-corrected chi connectivity index (χ4v) is 0.943. The van der Waals surface area contributed by atoms with Crippen LogP contribution >= 0.6 is 0 Å². The van der Waals surface area contributed by atoms with Crippen LogP contribution in [0.5, 0.6) is 0 Å². The third-order valence-electron chi connectivity index (χ3n) is 1.60. The number of nitrogens with one attached hydrogen (secondary N) is 1. The highest BCUT2D eigenvalue weighted by Crippen LogP contribution is 2.32. The number of halogens is 6. The molecule has 0 atom stereocenters. The van der Waals surface area contributed by atoms with Crippen molar-refractivity contribution >= 4 is 5.78 Å². The van der Waals surface area contributed by atoms with E-state index in [1.54, 1.807) is 0 Å². The molecule has 0 radical (unpaired) electrons. The summed E-state index contributed by atoms with van der Waals surface area (Å²) < 4.78 is 72.7. The molecule has 0 fully saturated rings. The molecule has 1 heterocycles. The van der Waals surface area contributed by atoms with Gasteiger partial charge in [-0.1, -0.05) is 0 Å². The number of aromatic nitrogens is 2. The van der Waals surface area contributed by atoms with Gasteiger partial charge < -0.3 is 4.98 Å². The number of ketones is 1. The van der Waals surface area contributed by atoms with Gasteiger partial charge >= 0.3 is 18.0 Å². The fourth-order valence-electron chi connectivity index (χ4n) is 0.943. The van der Waals surface area contributed by atoms with Crippen molar-refractivity contribution in [1.82, 2.24) is 9.97 Å². The van der Waals surface area contributed by atoms with E-state index in [0.717, 1.165) is 4.98 Å². The Hall–Kier alpha value is -1.87. The minimum absolute atomic E-state index is 0.0581. The lowest BCUT2D eigenvalue weighted by Crippen LogP contribution is -2.29. The van der Waals surface area contributed by atoms with Gasteiger partial charge in [0.1, 0.15) is 5.69 Å². The van der Waals surface area contributed by atoms with Crippen LogP contribution < -0.4 is 5.69 Å². The van der Waals surface area contributed by atoms with Crippen LogP contribution in [0.15, 0.2) is 11.0 Å². The van der Waals surface area contributed by atoms with Crippen molar-refractivity contribution in [2.45, 2.75) is 12.4 Å². The largest absolute Gasteiger partial charge is 0.455 e. The summed E-state index contributed by atoms with van der Waals surface area (Å²) in [6.07, 6.45) is -10.8. The highest BCUT2D eigenvalue weighted by molar-refractivity contribution is 6.01. The molecule has 94 valence electrons. The maximum Gasteiger partial charge on any atom is 0.455 e. The van der Waals surface area contributed by atoms with Crippen LogP contribution in [-0.2, 0) is 6.18 Å². The standard InChI is InChI=1S/C7H2F6N2O2/c8-6(9,10)3-2(1-14-5(17)15-3)4(16)7(11,12)13/h1H,(H,14,15,17). The van der Waals surface area contributed by atoms with Crippen molar-refractivity contribution in [3.05, 3.63) is 27.9 Å². The van der Waals surface area contributed by atoms with Crippen molar-refractivity contribution in [2.75, 3.05) is 0 Å². The maximum atomic E-state index is 12.3. The molecule has 0 aliphatic heterocycles. The Kier molecular flexibility index (Phi) is 2.99. The van der Waals surface area contributed by atoms with Crippen LogP contribution in [0.25, 0.3) is 0 Å². The monoisotopic (exact) mass is 260 g/mol. The van der Waals surface area contributed by atoms with Gasteiger partial charge in [0.2, 0.25) is 0 Å². The van der Waals surface area contributed by atoms with Crippen molar-refractivity contribution in [3.63, 3.8) is 0 Å². The van der Waals surface area contributed by atoms with Gasteiger partial charge in [0.05, 0.1) is 5.56 Å². The molecule has 0 bridgehead atoms. The van der Waals surface area contributed by atoms with Gasteiger partial charge in [-0.2, -0.15) is 26.3 Å². The Balaban J connectivity index is 3.45. The number of nitrogens with zero attached hydrogens (tertiary/aromatic N) is 1. The van der Waals surface area contributed by atoms with Crippen molar-refractivity contribution < 1.29 is 31.1 Å². The molecule has 0 amide bonds. The van der Waals surface area contributed by atoms with E-state index in [1.807, 2.05) is 0 Å². The highest BCUT2D eigenvalue weighted by atomic mass is 19.4. The molecule has 0 aliphatic rings. The quantitative estimate of drug-likeness (QED) is 0.615. The van der Waals surface area contributed by atoms with Gasteiger partial charge in [-0.3, -0.25) is 4.79 Å². The first kappa shape index (κ1) is 13.2. The second-order valence-electron chi connectivity index (χ2n) is 2.80. The summed E-state index contributed by atoms with van der Waals surface area (Å²) in [7, 11) is 0. The first-order valence-corrected chi connectivity index (χ1v) is 3.81. The van der Waals surface area contributed by atoms with Gasteiger partial charge in [-0.15, -0.1) is 0 Å². The van der Waals surface area contributed by atoms with E-state index in [2.05, 4.69) is 4.98 Å². The Morgan fingerprint density at radius 1 is 1.18 bits per heavy atom. The summed E-state index contributed by atoms with van der Waals surface area (Å²) in [6, 6.07) is 0. The number of hydrogen-bond acceptors (Lipinski definition) is 3. The molecular weight excluding hydrogens is 258 g/mol. The summed E-state index contributed by atoms with van der Waals surface area (Å²) in [4.78, 5) is 24.9. The number of carbonyl (C=O) groups excluding carboxylic acids is 1. The van der Waals surface area contributed by atoms with Crippen LogP contribution in [0.2, 0.25) is 0 Å². The number of hydrogen-bond donors (Lipinski definition) is 1. The first-order valence-electron chi connectivity index (χ1n) is 3.81. The average molecular weight is 260 g/mol. The second kappa shape index (κ2) is 3.86. The van der Waals surface area contributed by atoms with Crippen LogP contribution in [0.4, 0.5) is 26.3 Å². The number of H-pyrrole nitrogens is 1. The maximum absolute atomic E-state index is 12.3. The molecule has 0 saturated carbocycles. The van der Waals surface area contributed by atoms with Gasteiger partial charge in [0, 0.05) is 6.20 Å². The molecular formula is C7H2F6N2O2. The van der Waals surface area contributed by atoms with Crippen LogP contribution in [0.1, 0.15) is 16.1 Å². The number of aromatic amines is 1. The third-order valence-corrected chi connectivity index (χ3v) is 1.60. The molecule has 1 aromatic rings. The van der Waals surface area contributed by atoms with E-state index in [0.29, 0.717) is 0 Å². The lowest BCUT2D eigenvalue weighted by Gasteiger charge is -2.11. The average Bonchev–Trinajstić information content (AvgIpc) is 2.14. The Morgan fingerprint density at radius 2 is 1.71 bits per heavy atom. The molecule has 0 spiro atoms. The smallest absolute Gasteiger partial charge is 0.301 e. The van der Waals surface area contributed by atoms with E-state index in [9.17, 15) is 35.9 Å². The zero-order valence-electron chi connectivity index (χ0n) is 7.61. The Labute approximate surface area is 88.3 Å². The molecule has 0 unspecified atom stereocenters. The molecule has 10 heteroatoms. The summed E-state index contributed by atoms with van der Waals surface area (Å²) >= 11 is 0. The molecule has 1 N–H and O–H groups in total. The number of rotatable bonds is 1. The Bertz CT molecular complexity index is 500. The molecule has 4 nitrogen and oxygen atoms in total. The van der Waals surface area contributed by atoms with Crippen LogP contribution in [0.3, 0.4) is 0 Å². The molecule has 0 aromatic carbocycles. The van der Waals surface area contributed by atoms with E-state index in [1.165, 1.54) is 0 Å². The molecule has 0 saturated heterocycles. The van der Waals surface area contributed by atoms with Gasteiger partial charge in [0.25, 0.3) is 5.78 Å². The molecule has 0 aliphatic carbocycles. The Morgan fingerprint density at radius 3 is 2.12 bits per heavy atom. The summed E-state index contributed by atoms with van der Waals surface area (Å²) in [6.45, 7) is 0. The summed E-state index contributed by atoms with van der Waals surface area (Å²) in [5.74, 6) is -2.73. The number of alkyl halides is 6. The SMILES string of the molecule is O=C(c1cnc(=O)[nH]c1C(F)(F)F)C(F)(F)F. The van der Waals surface area contributed by atoms with Crippen LogP contribution in [0, 0.1) is 0 Å². The minimum Gasteiger partial charge on any atom is -0.301 e. The van der Waals surface area contributed by atoms with Crippen molar-refractivity contribution in [1.29, 1.82) is 0 Å². The van der Waals surface area contributed by atoms with Gasteiger partial charge in [-0.05, 0) is 0 Å². The second-order valence-corrected chi connectivity index (χ2v) is 2.80. The topological polar surface area (TPSA) is 62.8 Å². The van der Waals surface area contributed by atoms with Crippen molar-refractivity contribution in [3.8, 4) is 0 Å². The predicted octanol–water partition coefficient (Wildman–Crippen LogP) is 1.53. The number of Topliss-reactive ketones (excluding diaryl/α,β-unsaturated/α-hetero) is 1. The zero-order valence-corrected chi connectivity index (χ0v) is 7.61. The number of carbonyl (C=O) groups is 1. The normalized spacial score (nSPS) is 12.6. The van der Waals surface area contributed by atoms with Gasteiger partial charge in [0.15, 0.2) is 0 Å². The fraction of sp³-hybridized carbons (Fsp3) is 0.286. The summed E-state index contributed by atoms with van der Waals surface area (Å²) in [5, 5.41) is 0. The molecule has 1 rings (SSSR count). The lowest BCUT2D eigenvalue weighted by molar-refractivity contribution is -0.142. The van der Waals surface area contributed by atoms with E-state index in [-0.39, 0.29) is 6.20 Å².